The second kappa shape index (κ2) is 6.30. The lowest BCUT2D eigenvalue weighted by atomic mass is 9.69. The van der Waals surface area contributed by atoms with Gasteiger partial charge in [-0.15, -0.1) is 0 Å². The Morgan fingerprint density at radius 2 is 1.80 bits per heavy atom. The predicted octanol–water partition coefficient (Wildman–Crippen LogP) is 2.20. The molecule has 126 valence electrons. The number of fused-ring (bicyclic) bond motifs is 2. The highest BCUT2D eigenvalue weighted by Crippen LogP contribution is 2.44. The van der Waals surface area contributed by atoms with Gasteiger partial charge in [-0.2, -0.15) is 0 Å². The Hall–Kier alpha value is -2.72. The number of amides is 1. The summed E-state index contributed by atoms with van der Waals surface area (Å²) < 4.78 is 0. The maximum Gasteiger partial charge on any atom is 0.236 e. The van der Waals surface area contributed by atoms with E-state index >= 15 is 0 Å². The Labute approximate surface area is 146 Å². The van der Waals surface area contributed by atoms with E-state index in [1.54, 1.807) is 4.90 Å². The van der Waals surface area contributed by atoms with Crippen LogP contribution in [0.25, 0.3) is 6.08 Å². The van der Waals surface area contributed by atoms with E-state index in [9.17, 15) is 9.59 Å². The molecular weight excluding hydrogens is 312 g/mol. The van der Waals surface area contributed by atoms with Crippen molar-refractivity contribution in [3.05, 3.63) is 76.9 Å². The number of hydrogen-bond acceptors (Lipinski definition) is 3. The van der Waals surface area contributed by atoms with Crippen molar-refractivity contribution in [2.75, 3.05) is 19.6 Å². The maximum absolute atomic E-state index is 12.7. The standard InChI is InChI=1S/C21H20N2O2/c22-11-20(25)23-12-18-17(19(24)13-23)10-15-8-4-5-9-16(15)21(18)14-6-2-1-3-7-14/h1-10,18,21H,11-13,22H2. The topological polar surface area (TPSA) is 63.4 Å². The first-order valence-corrected chi connectivity index (χ1v) is 8.55. The Kier molecular flexibility index (Phi) is 3.98. The largest absolute Gasteiger partial charge is 0.333 e. The molecule has 2 aromatic rings. The molecule has 1 saturated heterocycles. The van der Waals surface area contributed by atoms with E-state index in [1.807, 2.05) is 36.4 Å². The van der Waals surface area contributed by atoms with E-state index in [4.69, 9.17) is 5.73 Å². The van der Waals surface area contributed by atoms with Crippen LogP contribution in [-0.4, -0.2) is 36.2 Å². The fourth-order valence-electron chi connectivity index (χ4n) is 4.05. The fourth-order valence-corrected chi connectivity index (χ4v) is 4.05. The van der Waals surface area contributed by atoms with Gasteiger partial charge in [0.05, 0.1) is 13.1 Å². The zero-order chi connectivity index (χ0) is 17.4. The van der Waals surface area contributed by atoms with Crippen molar-refractivity contribution < 1.29 is 9.59 Å². The van der Waals surface area contributed by atoms with E-state index in [0.29, 0.717) is 6.54 Å². The van der Waals surface area contributed by atoms with Crippen molar-refractivity contribution in [3.63, 3.8) is 0 Å². The lowest BCUT2D eigenvalue weighted by molar-refractivity contribution is -0.135. The molecule has 2 unspecified atom stereocenters. The summed E-state index contributed by atoms with van der Waals surface area (Å²) in [5.74, 6) is -0.115. The summed E-state index contributed by atoms with van der Waals surface area (Å²) in [4.78, 5) is 26.5. The lowest BCUT2D eigenvalue weighted by Gasteiger charge is -2.41. The Morgan fingerprint density at radius 3 is 2.56 bits per heavy atom. The van der Waals surface area contributed by atoms with E-state index < -0.39 is 0 Å². The number of hydrogen-bond donors (Lipinski definition) is 1. The minimum absolute atomic E-state index is 0.0217. The minimum Gasteiger partial charge on any atom is -0.333 e. The van der Waals surface area contributed by atoms with Crippen molar-refractivity contribution in [2.24, 2.45) is 11.7 Å². The Morgan fingerprint density at radius 1 is 1.08 bits per heavy atom. The number of carbonyl (C=O) groups is 2. The summed E-state index contributed by atoms with van der Waals surface area (Å²) in [6.45, 7) is 0.592. The smallest absolute Gasteiger partial charge is 0.236 e. The van der Waals surface area contributed by atoms with Gasteiger partial charge in [0.25, 0.3) is 0 Å². The van der Waals surface area contributed by atoms with Gasteiger partial charge in [-0.05, 0) is 22.8 Å². The number of Topliss-reactive ketones (excluding diaryl/α,β-unsaturated/α-hetero) is 1. The number of ketones is 1. The van der Waals surface area contributed by atoms with E-state index in [-0.39, 0.29) is 36.6 Å². The third kappa shape index (κ3) is 2.68. The van der Waals surface area contributed by atoms with Gasteiger partial charge in [-0.25, -0.2) is 0 Å². The molecule has 4 nitrogen and oxygen atoms in total. The number of piperidine rings is 1. The highest BCUT2D eigenvalue weighted by atomic mass is 16.2. The van der Waals surface area contributed by atoms with Crippen molar-refractivity contribution >= 4 is 17.8 Å². The van der Waals surface area contributed by atoms with Crippen molar-refractivity contribution in [2.45, 2.75) is 5.92 Å². The van der Waals surface area contributed by atoms with Gasteiger partial charge in [0.1, 0.15) is 0 Å². The van der Waals surface area contributed by atoms with Crippen molar-refractivity contribution in [1.29, 1.82) is 0 Å². The van der Waals surface area contributed by atoms with Gasteiger partial charge in [0, 0.05) is 24.0 Å². The third-order valence-electron chi connectivity index (χ3n) is 5.20. The Balaban J connectivity index is 1.84. The molecule has 1 amide bonds. The normalized spacial score (nSPS) is 22.0. The average Bonchev–Trinajstić information content (AvgIpc) is 2.66. The molecule has 2 atom stereocenters. The lowest BCUT2D eigenvalue weighted by Crippen LogP contribution is -2.49. The SMILES string of the molecule is NCC(=O)N1CC(=O)C2=Cc3ccccc3C(c3ccccc3)C2C1. The molecule has 4 rings (SSSR count). The number of carbonyl (C=O) groups excluding carboxylic acids is 2. The van der Waals surface area contributed by atoms with Crippen LogP contribution >= 0.6 is 0 Å². The molecule has 0 aromatic heterocycles. The van der Waals surface area contributed by atoms with Crippen LogP contribution in [0, 0.1) is 5.92 Å². The number of benzene rings is 2. The fraction of sp³-hybridized carbons (Fsp3) is 0.238. The Bertz CT molecular complexity index is 857. The van der Waals surface area contributed by atoms with Gasteiger partial charge >= 0.3 is 0 Å². The second-order valence-corrected chi connectivity index (χ2v) is 6.63. The molecule has 0 saturated carbocycles. The van der Waals surface area contributed by atoms with Crippen LogP contribution in [0.2, 0.25) is 0 Å². The molecule has 2 N–H and O–H groups in total. The summed E-state index contributed by atoms with van der Waals surface area (Å²) >= 11 is 0. The quantitative estimate of drug-likeness (QED) is 0.917. The summed E-state index contributed by atoms with van der Waals surface area (Å²) in [5, 5.41) is 0. The van der Waals surface area contributed by atoms with Gasteiger partial charge in [-0.1, -0.05) is 54.6 Å². The monoisotopic (exact) mass is 332 g/mol. The van der Waals surface area contributed by atoms with E-state index in [1.165, 1.54) is 11.1 Å². The molecule has 2 aliphatic rings. The van der Waals surface area contributed by atoms with Crippen LogP contribution in [0.4, 0.5) is 0 Å². The number of nitrogens with two attached hydrogens (primary N) is 1. The molecule has 2 aromatic carbocycles. The first-order chi connectivity index (χ1) is 12.2. The molecular formula is C21H20N2O2. The van der Waals surface area contributed by atoms with Gasteiger partial charge < -0.3 is 10.6 Å². The van der Waals surface area contributed by atoms with Crippen molar-refractivity contribution in [1.82, 2.24) is 4.90 Å². The predicted molar refractivity (Wildman–Crippen MR) is 96.8 cm³/mol. The molecule has 1 aliphatic carbocycles. The first kappa shape index (κ1) is 15.8. The van der Waals surface area contributed by atoms with Crippen LogP contribution in [-0.2, 0) is 9.59 Å². The minimum atomic E-state index is -0.168. The van der Waals surface area contributed by atoms with Gasteiger partial charge in [0.15, 0.2) is 5.78 Å². The molecule has 1 heterocycles. The first-order valence-electron chi connectivity index (χ1n) is 8.55. The van der Waals surface area contributed by atoms with Gasteiger partial charge in [0.2, 0.25) is 5.91 Å². The van der Waals surface area contributed by atoms with Crippen LogP contribution in [0.15, 0.2) is 60.2 Å². The third-order valence-corrected chi connectivity index (χ3v) is 5.20. The van der Waals surface area contributed by atoms with Crippen molar-refractivity contribution in [3.8, 4) is 0 Å². The van der Waals surface area contributed by atoms with E-state index in [0.717, 1.165) is 11.1 Å². The molecule has 0 radical (unpaired) electrons. The summed E-state index contributed by atoms with van der Waals surface area (Å²) in [7, 11) is 0. The average molecular weight is 332 g/mol. The second-order valence-electron chi connectivity index (χ2n) is 6.63. The molecule has 25 heavy (non-hydrogen) atoms. The number of likely N-dealkylation sites (tertiary alicyclic amines) is 1. The summed E-state index contributed by atoms with van der Waals surface area (Å²) in [6.07, 6.45) is 2.01. The summed E-state index contributed by atoms with van der Waals surface area (Å²) in [6, 6.07) is 18.4. The number of nitrogens with zero attached hydrogens (tertiary/aromatic N) is 1. The summed E-state index contributed by atoms with van der Waals surface area (Å²) in [5.41, 5.74) is 9.81. The molecule has 0 bridgehead atoms. The van der Waals surface area contributed by atoms with Crippen LogP contribution in [0.1, 0.15) is 22.6 Å². The number of rotatable bonds is 2. The highest BCUT2D eigenvalue weighted by Gasteiger charge is 2.41. The zero-order valence-electron chi connectivity index (χ0n) is 13.9. The maximum atomic E-state index is 12.7. The van der Waals surface area contributed by atoms with Crippen LogP contribution in [0.5, 0.6) is 0 Å². The molecule has 0 spiro atoms. The molecule has 1 fully saturated rings. The highest BCUT2D eigenvalue weighted by molar-refractivity contribution is 6.05. The zero-order valence-corrected chi connectivity index (χ0v) is 13.9. The van der Waals surface area contributed by atoms with Crippen LogP contribution < -0.4 is 5.73 Å². The van der Waals surface area contributed by atoms with E-state index in [2.05, 4.69) is 24.3 Å². The van der Waals surface area contributed by atoms with Crippen LogP contribution in [0.3, 0.4) is 0 Å². The van der Waals surface area contributed by atoms with Gasteiger partial charge in [-0.3, -0.25) is 9.59 Å². The molecule has 4 heteroatoms. The molecule has 1 aliphatic heterocycles.